The molecule has 0 fully saturated rings. The molecule has 1 unspecified atom stereocenters. The van der Waals surface area contributed by atoms with Crippen LogP contribution in [0.2, 0.25) is 10.2 Å². The van der Waals surface area contributed by atoms with E-state index in [1.807, 2.05) is 0 Å². The highest BCUT2D eigenvalue weighted by atomic mass is 35.5. The van der Waals surface area contributed by atoms with Gasteiger partial charge in [-0.25, -0.2) is 0 Å². The van der Waals surface area contributed by atoms with E-state index in [9.17, 15) is 4.79 Å². The number of aromatic amines is 1. The highest BCUT2D eigenvalue weighted by Crippen LogP contribution is 2.55. The van der Waals surface area contributed by atoms with Gasteiger partial charge >= 0.3 is 0 Å². The highest BCUT2D eigenvalue weighted by molar-refractivity contribution is 6.58. The number of fused-ring (bicyclic) bond motifs is 3. The number of amides is 1. The molecule has 0 saturated carbocycles. The lowest BCUT2D eigenvalue weighted by Gasteiger charge is -2.54. The molecule has 1 atom stereocenters. The number of primary amides is 1. The quantitative estimate of drug-likeness (QED) is 0.566. The van der Waals surface area contributed by atoms with Crippen LogP contribution in [0.5, 0.6) is 0 Å². The lowest BCUT2D eigenvalue weighted by molar-refractivity contribution is -0.121. The summed E-state index contributed by atoms with van der Waals surface area (Å²) < 4.78 is 0. The zero-order valence-electron chi connectivity index (χ0n) is 12.7. The number of nitrogens with two attached hydrogens (primary N) is 1. The number of benzene rings is 1. The van der Waals surface area contributed by atoms with Crippen molar-refractivity contribution in [2.45, 2.75) is 22.2 Å². The molecule has 1 aromatic carbocycles. The van der Waals surface area contributed by atoms with E-state index in [2.05, 4.69) is 4.98 Å². The van der Waals surface area contributed by atoms with Gasteiger partial charge in [-0.1, -0.05) is 34.2 Å². The van der Waals surface area contributed by atoms with Crippen molar-refractivity contribution >= 4 is 94.3 Å². The molecule has 0 saturated heterocycles. The molecule has 3 nitrogen and oxygen atoms in total. The molecule has 0 bridgehead atoms. The zero-order valence-corrected chi connectivity index (χ0v) is 13.4. The summed E-state index contributed by atoms with van der Waals surface area (Å²) in [5, 5.41) is -4.75. The molecule has 1 aliphatic carbocycles. The predicted molar refractivity (Wildman–Crippen MR) is 103 cm³/mol. The van der Waals surface area contributed by atoms with Gasteiger partial charge < -0.3 is 10.7 Å². The number of hydrogen-bond acceptors (Lipinski definition) is 1. The van der Waals surface area contributed by atoms with E-state index in [4.69, 9.17) is 72.3 Å². The summed E-state index contributed by atoms with van der Waals surface area (Å²) in [6, 6.07) is 1.45. The number of H-pyrrole nitrogens is 1. The van der Waals surface area contributed by atoms with Crippen LogP contribution < -0.4 is 16.7 Å². The summed E-state index contributed by atoms with van der Waals surface area (Å²) in [4.78, 5) is 15.0. The lowest BCUT2D eigenvalue weighted by atomic mass is 9.23. The second-order valence-electron chi connectivity index (χ2n) is 6.41. The monoisotopic (exact) mass is 318 g/mol. The first-order valence-corrected chi connectivity index (χ1v) is 7.36. The molecular formula is C13H6B7ClN2O. The Bertz CT molecular complexity index is 894. The number of carbonyl (C=O) groups is 1. The third-order valence-corrected chi connectivity index (χ3v) is 5.05. The molecule has 24 heavy (non-hydrogen) atoms. The van der Waals surface area contributed by atoms with Crippen molar-refractivity contribution in [1.82, 2.24) is 4.98 Å². The van der Waals surface area contributed by atoms with Crippen LogP contribution in [0.3, 0.4) is 0 Å². The van der Waals surface area contributed by atoms with Crippen molar-refractivity contribution < 1.29 is 4.79 Å². The van der Waals surface area contributed by atoms with E-state index in [0.717, 1.165) is 0 Å². The maximum absolute atomic E-state index is 12.0. The fourth-order valence-corrected chi connectivity index (χ4v) is 3.49. The number of nitrogens with one attached hydrogen (secondary N) is 1. The fraction of sp³-hybridized carbons (Fsp3) is 0.308. The molecule has 0 spiro atoms. The molecule has 3 rings (SSSR count). The van der Waals surface area contributed by atoms with E-state index in [-0.39, 0.29) is 33.6 Å². The Labute approximate surface area is 154 Å². The Morgan fingerprint density at radius 3 is 2.33 bits per heavy atom. The first-order chi connectivity index (χ1) is 10.8. The van der Waals surface area contributed by atoms with Crippen molar-refractivity contribution in [2.75, 3.05) is 0 Å². The normalized spacial score (nSPS) is 24.5. The summed E-state index contributed by atoms with van der Waals surface area (Å²) in [5.41, 5.74) is 6.62. The molecule has 1 heterocycles. The number of rotatable bonds is 1. The van der Waals surface area contributed by atoms with Crippen LogP contribution in [0.1, 0.15) is 17.7 Å². The molecule has 1 aliphatic rings. The predicted octanol–water partition coefficient (Wildman–Crippen LogP) is -2.40. The Kier molecular flexibility index (Phi) is 3.70. The first-order valence-electron chi connectivity index (χ1n) is 6.99. The maximum atomic E-state index is 12.0. The van der Waals surface area contributed by atoms with Gasteiger partial charge in [0.1, 0.15) is 15.7 Å². The first kappa shape index (κ1) is 17.8. The lowest BCUT2D eigenvalue weighted by Crippen LogP contribution is -2.57. The molecule has 1 amide bonds. The van der Waals surface area contributed by atoms with Crippen LogP contribution in [0.4, 0.5) is 0 Å². The van der Waals surface area contributed by atoms with E-state index in [0.29, 0.717) is 10.9 Å². The van der Waals surface area contributed by atoms with Gasteiger partial charge in [-0.05, 0) is 17.0 Å². The number of carbonyl (C=O) groups excluding carboxylic acids is 1. The van der Waals surface area contributed by atoms with Gasteiger partial charge in [0.15, 0.2) is 0 Å². The van der Waals surface area contributed by atoms with Crippen LogP contribution in [0.15, 0.2) is 6.07 Å². The topological polar surface area (TPSA) is 58.9 Å². The van der Waals surface area contributed by atoms with Crippen molar-refractivity contribution in [3.63, 3.8) is 0 Å². The average Bonchev–Trinajstić information content (AvgIpc) is 2.85. The van der Waals surface area contributed by atoms with Gasteiger partial charge in [0.05, 0.1) is 39.2 Å². The minimum atomic E-state index is -1.77. The number of hydrogen-bond donors (Lipinski definition) is 2. The number of aromatic nitrogens is 1. The average molecular weight is 317 g/mol. The Morgan fingerprint density at radius 2 is 1.79 bits per heavy atom. The Balaban J connectivity index is 2.57. The van der Waals surface area contributed by atoms with Crippen LogP contribution in [-0.4, -0.2) is 65.8 Å². The minimum absolute atomic E-state index is 0.156. The van der Waals surface area contributed by atoms with E-state index in [1.165, 1.54) is 6.07 Å². The Morgan fingerprint density at radius 1 is 1.21 bits per heavy atom. The summed E-state index contributed by atoms with van der Waals surface area (Å²) >= 11 is 6.10. The zero-order chi connectivity index (χ0) is 18.2. The third-order valence-electron chi connectivity index (χ3n) is 4.74. The van der Waals surface area contributed by atoms with Gasteiger partial charge in [0.25, 0.3) is 0 Å². The largest absolute Gasteiger partial charge is 0.370 e. The summed E-state index contributed by atoms with van der Waals surface area (Å²) in [6.45, 7) is 0. The summed E-state index contributed by atoms with van der Waals surface area (Å²) in [6.07, 6.45) is -0.282. The smallest absolute Gasteiger partial charge is 0.220 e. The fourth-order valence-electron chi connectivity index (χ4n) is 3.28. The standard InChI is InChI=1S/C13H6B7ClN2O/c14-3-1-4(21)7(15)5-6-9(23-8(3)5)11(16,10(22)24)2-12(17,18)13(6,19)20/h1,23H,2H2,(H2,22,24). The molecule has 1 aromatic heterocycles. The molecule has 11 heteroatoms. The van der Waals surface area contributed by atoms with Crippen molar-refractivity contribution in [2.24, 2.45) is 5.73 Å². The second-order valence-corrected chi connectivity index (χ2v) is 6.82. The molecular weight excluding hydrogens is 311 g/mol. The highest BCUT2D eigenvalue weighted by Gasteiger charge is 2.53. The van der Waals surface area contributed by atoms with Crippen molar-refractivity contribution in [3.05, 3.63) is 22.3 Å². The van der Waals surface area contributed by atoms with E-state index >= 15 is 0 Å². The van der Waals surface area contributed by atoms with Gasteiger partial charge in [-0.2, -0.15) is 0 Å². The molecule has 3 N–H and O–H groups in total. The van der Waals surface area contributed by atoms with Gasteiger partial charge in [0.2, 0.25) is 5.91 Å². The van der Waals surface area contributed by atoms with Crippen LogP contribution in [0, 0.1) is 0 Å². The van der Waals surface area contributed by atoms with Gasteiger partial charge in [-0.3, -0.25) is 4.79 Å². The SMILES string of the molecule is [B]c1cc(Cl)c([B])c2c3c([nH]c12)C([B])(C(N)=O)CC([B])([B])C3([B])[B]. The molecule has 102 valence electrons. The maximum Gasteiger partial charge on any atom is 0.220 e. The summed E-state index contributed by atoms with van der Waals surface area (Å²) in [5.74, 6) is -0.852. The summed E-state index contributed by atoms with van der Waals surface area (Å²) in [7, 11) is 42.9. The van der Waals surface area contributed by atoms with Crippen molar-refractivity contribution in [1.29, 1.82) is 0 Å². The van der Waals surface area contributed by atoms with Crippen LogP contribution in [-0.2, 0) is 15.3 Å². The van der Waals surface area contributed by atoms with E-state index in [1.54, 1.807) is 0 Å². The van der Waals surface area contributed by atoms with Crippen molar-refractivity contribution in [3.8, 4) is 0 Å². The molecule has 0 aliphatic heterocycles. The van der Waals surface area contributed by atoms with Crippen LogP contribution >= 0.6 is 11.6 Å². The Hall–Kier alpha value is -1.03. The van der Waals surface area contributed by atoms with Gasteiger partial charge in [0, 0.05) is 21.5 Å². The molecule has 2 aromatic rings. The van der Waals surface area contributed by atoms with Crippen LogP contribution in [0.25, 0.3) is 10.9 Å². The molecule has 14 radical (unpaired) electrons. The third kappa shape index (κ3) is 2.04. The minimum Gasteiger partial charge on any atom is -0.370 e. The van der Waals surface area contributed by atoms with E-state index < -0.39 is 21.6 Å². The number of halogens is 1. The van der Waals surface area contributed by atoms with Gasteiger partial charge in [-0.15, -0.1) is 5.21 Å². The second kappa shape index (κ2) is 5.00.